The zero-order valence-electron chi connectivity index (χ0n) is 10.2. The topological polar surface area (TPSA) is 81.2 Å². The molecule has 2 heterocycles. The van der Waals surface area contributed by atoms with E-state index in [-0.39, 0.29) is 5.91 Å². The number of carbonyl (C=O) groups is 1. The molecule has 1 amide bonds. The van der Waals surface area contributed by atoms with E-state index in [2.05, 4.69) is 22.1 Å². The Kier molecular flexibility index (Phi) is 4.32. The lowest BCUT2D eigenvalue weighted by atomic mass is 10.2. The summed E-state index contributed by atoms with van der Waals surface area (Å²) in [5.41, 5.74) is 6.34. The van der Waals surface area contributed by atoms with Gasteiger partial charge in [-0.05, 0) is 24.3 Å². The van der Waals surface area contributed by atoms with Crippen molar-refractivity contribution in [3.63, 3.8) is 0 Å². The fourth-order valence-corrected chi connectivity index (χ4v) is 1.43. The van der Waals surface area contributed by atoms with Crippen molar-refractivity contribution in [2.24, 2.45) is 5.73 Å². The average molecular weight is 255 g/mol. The Morgan fingerprint density at radius 1 is 1.42 bits per heavy atom. The molecule has 0 aromatic carbocycles. The van der Waals surface area contributed by atoms with E-state index >= 15 is 0 Å². The number of aromatic nitrogens is 1. The summed E-state index contributed by atoms with van der Waals surface area (Å²) in [4.78, 5) is 15.8. The third kappa shape index (κ3) is 3.69. The van der Waals surface area contributed by atoms with Crippen molar-refractivity contribution in [2.75, 3.05) is 6.54 Å². The number of nitrogens with zero attached hydrogens (tertiary/aromatic N) is 1. The molecule has 19 heavy (non-hydrogen) atoms. The molecule has 96 valence electrons. The van der Waals surface area contributed by atoms with E-state index < -0.39 is 0 Å². The summed E-state index contributed by atoms with van der Waals surface area (Å²) in [6, 6.07) is 6.92. The minimum Gasteiger partial charge on any atom is -0.467 e. The molecular formula is C14H13N3O2. The van der Waals surface area contributed by atoms with Crippen LogP contribution in [0.25, 0.3) is 0 Å². The number of nitrogens with two attached hydrogens (primary N) is 1. The van der Waals surface area contributed by atoms with Crippen LogP contribution in [-0.2, 0) is 6.54 Å². The molecule has 0 atom stereocenters. The first-order chi connectivity index (χ1) is 9.29. The summed E-state index contributed by atoms with van der Waals surface area (Å²) in [7, 11) is 0. The number of amides is 1. The number of pyridine rings is 1. The van der Waals surface area contributed by atoms with Gasteiger partial charge in [0.25, 0.3) is 5.91 Å². The fourth-order valence-electron chi connectivity index (χ4n) is 1.43. The van der Waals surface area contributed by atoms with E-state index in [1.807, 2.05) is 0 Å². The Hall–Kier alpha value is -2.58. The second-order valence-corrected chi connectivity index (χ2v) is 3.70. The van der Waals surface area contributed by atoms with Crippen molar-refractivity contribution >= 4 is 5.91 Å². The molecule has 3 N–H and O–H groups in total. The summed E-state index contributed by atoms with van der Waals surface area (Å²) in [5.74, 6) is 6.00. The standard InChI is InChI=1S/C14H13N3O2/c15-7-1-3-11-5-6-13(16-9-11)14(18)17-10-12-4-2-8-19-12/h2,4-6,8-9H,7,10,15H2,(H,17,18). The molecule has 0 saturated heterocycles. The smallest absolute Gasteiger partial charge is 0.270 e. The van der Waals surface area contributed by atoms with Gasteiger partial charge < -0.3 is 15.5 Å². The lowest BCUT2D eigenvalue weighted by Crippen LogP contribution is -2.23. The van der Waals surface area contributed by atoms with Gasteiger partial charge in [0.05, 0.1) is 19.4 Å². The minimum atomic E-state index is -0.255. The molecule has 2 rings (SSSR count). The molecule has 0 fully saturated rings. The Bertz CT molecular complexity index is 592. The quantitative estimate of drug-likeness (QED) is 0.799. The van der Waals surface area contributed by atoms with Gasteiger partial charge in [-0.1, -0.05) is 11.8 Å². The molecule has 0 saturated carbocycles. The van der Waals surface area contributed by atoms with E-state index in [0.29, 0.717) is 24.5 Å². The van der Waals surface area contributed by atoms with Crippen LogP contribution in [0.2, 0.25) is 0 Å². The van der Waals surface area contributed by atoms with Crippen LogP contribution < -0.4 is 11.1 Å². The maximum Gasteiger partial charge on any atom is 0.270 e. The Morgan fingerprint density at radius 3 is 2.95 bits per heavy atom. The van der Waals surface area contributed by atoms with Gasteiger partial charge in [-0.3, -0.25) is 4.79 Å². The molecule has 2 aromatic heterocycles. The van der Waals surface area contributed by atoms with Gasteiger partial charge in [-0.2, -0.15) is 0 Å². The number of carbonyl (C=O) groups excluding carboxylic acids is 1. The fraction of sp³-hybridized carbons (Fsp3) is 0.143. The second kappa shape index (κ2) is 6.38. The van der Waals surface area contributed by atoms with Crippen LogP contribution >= 0.6 is 0 Å². The van der Waals surface area contributed by atoms with Crippen LogP contribution in [0.4, 0.5) is 0 Å². The molecule has 0 unspecified atom stereocenters. The van der Waals surface area contributed by atoms with Crippen molar-refractivity contribution in [3.05, 3.63) is 53.7 Å². The molecule has 0 spiro atoms. The molecule has 0 aliphatic carbocycles. The maximum atomic E-state index is 11.8. The van der Waals surface area contributed by atoms with Crippen LogP contribution in [0.15, 0.2) is 41.1 Å². The third-order valence-electron chi connectivity index (χ3n) is 2.33. The highest BCUT2D eigenvalue weighted by Crippen LogP contribution is 2.01. The first kappa shape index (κ1) is 12.9. The van der Waals surface area contributed by atoms with Gasteiger partial charge in [0, 0.05) is 11.8 Å². The molecule has 5 heteroatoms. The normalized spacial score (nSPS) is 9.53. The number of hydrogen-bond acceptors (Lipinski definition) is 4. The molecule has 0 radical (unpaired) electrons. The van der Waals surface area contributed by atoms with Crippen molar-refractivity contribution in [3.8, 4) is 11.8 Å². The van der Waals surface area contributed by atoms with Crippen LogP contribution in [0.5, 0.6) is 0 Å². The maximum absolute atomic E-state index is 11.8. The highest BCUT2D eigenvalue weighted by atomic mass is 16.3. The molecule has 0 aliphatic heterocycles. The molecule has 5 nitrogen and oxygen atoms in total. The van der Waals surface area contributed by atoms with Gasteiger partial charge in [-0.15, -0.1) is 0 Å². The van der Waals surface area contributed by atoms with E-state index in [1.54, 1.807) is 36.7 Å². The number of nitrogens with one attached hydrogen (secondary N) is 1. The average Bonchev–Trinajstić information content (AvgIpc) is 2.96. The van der Waals surface area contributed by atoms with Gasteiger partial charge >= 0.3 is 0 Å². The Balaban J connectivity index is 1.95. The van der Waals surface area contributed by atoms with Crippen LogP contribution in [0, 0.1) is 11.8 Å². The minimum absolute atomic E-state index is 0.255. The largest absolute Gasteiger partial charge is 0.467 e. The van der Waals surface area contributed by atoms with Gasteiger partial charge in [0.15, 0.2) is 0 Å². The third-order valence-corrected chi connectivity index (χ3v) is 2.33. The number of furan rings is 1. The SMILES string of the molecule is NCC#Cc1ccc(C(=O)NCc2ccco2)nc1. The summed E-state index contributed by atoms with van der Waals surface area (Å²) < 4.78 is 5.12. The van der Waals surface area contributed by atoms with Crippen LogP contribution in [-0.4, -0.2) is 17.4 Å². The van der Waals surface area contributed by atoms with Crippen molar-refractivity contribution in [1.29, 1.82) is 0 Å². The van der Waals surface area contributed by atoms with Gasteiger partial charge in [0.1, 0.15) is 11.5 Å². The Labute approximate surface area is 110 Å². The van der Waals surface area contributed by atoms with E-state index in [9.17, 15) is 4.79 Å². The number of rotatable bonds is 3. The van der Waals surface area contributed by atoms with Crippen molar-refractivity contribution < 1.29 is 9.21 Å². The summed E-state index contributed by atoms with van der Waals surface area (Å²) in [6.07, 6.45) is 3.11. The highest BCUT2D eigenvalue weighted by molar-refractivity contribution is 5.92. The first-order valence-corrected chi connectivity index (χ1v) is 5.75. The summed E-state index contributed by atoms with van der Waals surface area (Å²) in [6.45, 7) is 0.633. The monoisotopic (exact) mass is 255 g/mol. The summed E-state index contributed by atoms with van der Waals surface area (Å²) in [5, 5.41) is 2.71. The number of hydrogen-bond donors (Lipinski definition) is 2. The zero-order valence-corrected chi connectivity index (χ0v) is 10.2. The Morgan fingerprint density at radius 2 is 2.32 bits per heavy atom. The zero-order chi connectivity index (χ0) is 13.5. The second-order valence-electron chi connectivity index (χ2n) is 3.70. The van der Waals surface area contributed by atoms with Crippen molar-refractivity contribution in [2.45, 2.75) is 6.54 Å². The lowest BCUT2D eigenvalue weighted by Gasteiger charge is -2.02. The van der Waals surface area contributed by atoms with Gasteiger partial charge in [0.2, 0.25) is 0 Å². The molecule has 2 aromatic rings. The van der Waals surface area contributed by atoms with E-state index in [4.69, 9.17) is 10.2 Å². The van der Waals surface area contributed by atoms with E-state index in [0.717, 1.165) is 5.56 Å². The van der Waals surface area contributed by atoms with Crippen molar-refractivity contribution in [1.82, 2.24) is 10.3 Å². The van der Waals surface area contributed by atoms with Gasteiger partial charge in [-0.25, -0.2) is 4.98 Å². The highest BCUT2D eigenvalue weighted by Gasteiger charge is 2.07. The lowest BCUT2D eigenvalue weighted by molar-refractivity contribution is 0.0943. The van der Waals surface area contributed by atoms with E-state index in [1.165, 1.54) is 0 Å². The molecular weight excluding hydrogens is 242 g/mol. The van der Waals surface area contributed by atoms with Crippen LogP contribution in [0.1, 0.15) is 21.8 Å². The molecule has 0 aliphatic rings. The first-order valence-electron chi connectivity index (χ1n) is 5.75. The molecule has 0 bridgehead atoms. The predicted octanol–water partition coefficient (Wildman–Crippen LogP) is 0.915. The van der Waals surface area contributed by atoms with Crippen LogP contribution in [0.3, 0.4) is 0 Å². The predicted molar refractivity (Wildman–Crippen MR) is 70.0 cm³/mol. The summed E-state index contributed by atoms with van der Waals surface area (Å²) >= 11 is 0.